The second kappa shape index (κ2) is 5.47. The first kappa shape index (κ1) is 12.3. The molecular weight excluding hydrogens is 258 g/mol. The molecule has 1 aliphatic heterocycles. The highest BCUT2D eigenvalue weighted by atomic mass is 35.5. The van der Waals surface area contributed by atoms with Gasteiger partial charge in [-0.2, -0.15) is 12.6 Å². The quantitative estimate of drug-likeness (QED) is 0.675. The monoisotopic (exact) mass is 269 g/mol. The fourth-order valence-corrected chi connectivity index (χ4v) is 1.95. The Morgan fingerprint density at radius 3 is 3.06 bits per heavy atom. The summed E-state index contributed by atoms with van der Waals surface area (Å²) in [5.74, 6) is 1.28. The van der Waals surface area contributed by atoms with Crippen LogP contribution in [-0.4, -0.2) is 24.8 Å². The summed E-state index contributed by atoms with van der Waals surface area (Å²) in [5, 5.41) is 0.588. The highest BCUT2D eigenvalue weighted by molar-refractivity contribution is 7.80. The molecule has 2 rings (SSSR count). The van der Waals surface area contributed by atoms with E-state index in [1.54, 1.807) is 23.1 Å². The molecular formula is C12H12ClNO2S. The maximum atomic E-state index is 11.8. The van der Waals surface area contributed by atoms with E-state index in [0.29, 0.717) is 23.1 Å². The SMILES string of the molecule is O=C1COc2ccc(Cl)cc2N1CC=CCS. The Bertz CT molecular complexity index is 462. The number of benzene rings is 1. The van der Waals surface area contributed by atoms with Crippen molar-refractivity contribution in [1.82, 2.24) is 0 Å². The Morgan fingerprint density at radius 1 is 1.47 bits per heavy atom. The van der Waals surface area contributed by atoms with Crippen LogP contribution < -0.4 is 9.64 Å². The lowest BCUT2D eigenvalue weighted by molar-refractivity contribution is -0.121. The standard InChI is InChI=1S/C12H12ClNO2S/c13-9-3-4-11-10(7-9)14(5-1-2-6-17)12(15)8-16-11/h1-4,7,17H,5-6,8H2. The van der Waals surface area contributed by atoms with E-state index in [1.165, 1.54) is 0 Å². The lowest BCUT2D eigenvalue weighted by atomic mass is 10.2. The second-order valence-corrected chi connectivity index (χ2v) is 4.36. The van der Waals surface area contributed by atoms with Crippen molar-refractivity contribution in [2.45, 2.75) is 0 Å². The van der Waals surface area contributed by atoms with E-state index in [2.05, 4.69) is 12.6 Å². The van der Waals surface area contributed by atoms with Crippen molar-refractivity contribution < 1.29 is 9.53 Å². The third kappa shape index (κ3) is 2.76. The van der Waals surface area contributed by atoms with Gasteiger partial charge in [0.05, 0.1) is 5.69 Å². The van der Waals surface area contributed by atoms with Gasteiger partial charge >= 0.3 is 0 Å². The molecule has 0 fully saturated rings. The van der Waals surface area contributed by atoms with Crippen LogP contribution in [0.3, 0.4) is 0 Å². The zero-order valence-electron chi connectivity index (χ0n) is 9.10. The van der Waals surface area contributed by atoms with Gasteiger partial charge in [-0.25, -0.2) is 0 Å². The van der Waals surface area contributed by atoms with Crippen molar-refractivity contribution in [2.75, 3.05) is 23.8 Å². The van der Waals surface area contributed by atoms with Crippen LogP contribution in [0.5, 0.6) is 5.75 Å². The van der Waals surface area contributed by atoms with Crippen LogP contribution >= 0.6 is 24.2 Å². The molecule has 0 aromatic heterocycles. The van der Waals surface area contributed by atoms with E-state index in [0.717, 1.165) is 5.69 Å². The predicted molar refractivity (Wildman–Crippen MR) is 72.3 cm³/mol. The lowest BCUT2D eigenvalue weighted by Gasteiger charge is -2.28. The zero-order valence-corrected chi connectivity index (χ0v) is 10.7. The number of carbonyl (C=O) groups excluding carboxylic acids is 1. The van der Waals surface area contributed by atoms with E-state index < -0.39 is 0 Å². The molecule has 0 saturated carbocycles. The molecule has 17 heavy (non-hydrogen) atoms. The van der Waals surface area contributed by atoms with Gasteiger partial charge in [-0.05, 0) is 18.2 Å². The molecule has 0 aliphatic carbocycles. The number of amides is 1. The molecule has 0 bridgehead atoms. The summed E-state index contributed by atoms with van der Waals surface area (Å²) in [6.07, 6.45) is 3.80. The topological polar surface area (TPSA) is 29.5 Å². The van der Waals surface area contributed by atoms with E-state index >= 15 is 0 Å². The van der Waals surface area contributed by atoms with Crippen LogP contribution in [0, 0.1) is 0 Å². The summed E-state index contributed by atoms with van der Waals surface area (Å²) >= 11 is 10.0. The molecule has 1 heterocycles. The minimum Gasteiger partial charge on any atom is -0.482 e. The molecule has 0 spiro atoms. The van der Waals surface area contributed by atoms with Crippen LogP contribution in [0.15, 0.2) is 30.4 Å². The Hall–Kier alpha value is -1.13. The van der Waals surface area contributed by atoms with Crippen LogP contribution in [0.4, 0.5) is 5.69 Å². The van der Waals surface area contributed by atoms with Gasteiger partial charge < -0.3 is 9.64 Å². The normalized spacial score (nSPS) is 14.9. The smallest absolute Gasteiger partial charge is 0.265 e. The van der Waals surface area contributed by atoms with E-state index in [1.807, 2.05) is 12.2 Å². The number of ether oxygens (including phenoxy) is 1. The average Bonchev–Trinajstić information content (AvgIpc) is 2.32. The van der Waals surface area contributed by atoms with Gasteiger partial charge in [-0.1, -0.05) is 23.8 Å². The van der Waals surface area contributed by atoms with Gasteiger partial charge in [-0.15, -0.1) is 0 Å². The minimum atomic E-state index is -0.0661. The van der Waals surface area contributed by atoms with Crippen molar-refractivity contribution in [1.29, 1.82) is 0 Å². The van der Waals surface area contributed by atoms with Gasteiger partial charge in [0.25, 0.3) is 5.91 Å². The molecule has 0 N–H and O–H groups in total. The molecule has 0 atom stereocenters. The van der Waals surface area contributed by atoms with Gasteiger partial charge in [0.15, 0.2) is 6.61 Å². The Morgan fingerprint density at radius 2 is 2.29 bits per heavy atom. The van der Waals surface area contributed by atoms with Crippen molar-refractivity contribution in [3.05, 3.63) is 35.4 Å². The molecule has 0 radical (unpaired) electrons. The first-order valence-corrected chi connectivity index (χ1v) is 6.22. The number of rotatable bonds is 3. The third-order valence-corrected chi connectivity index (χ3v) is 2.87. The lowest BCUT2D eigenvalue weighted by Crippen LogP contribution is -2.38. The van der Waals surface area contributed by atoms with Crippen LogP contribution in [0.2, 0.25) is 5.02 Å². The zero-order chi connectivity index (χ0) is 12.3. The third-order valence-electron chi connectivity index (χ3n) is 2.42. The molecule has 0 saturated heterocycles. The highest BCUT2D eigenvalue weighted by Gasteiger charge is 2.24. The van der Waals surface area contributed by atoms with Crippen molar-refractivity contribution in [3.63, 3.8) is 0 Å². The number of thiol groups is 1. The number of carbonyl (C=O) groups is 1. The fourth-order valence-electron chi connectivity index (χ4n) is 1.63. The number of hydrogen-bond donors (Lipinski definition) is 1. The van der Waals surface area contributed by atoms with Crippen molar-refractivity contribution >= 4 is 35.8 Å². The van der Waals surface area contributed by atoms with Crippen molar-refractivity contribution in [3.8, 4) is 5.75 Å². The van der Waals surface area contributed by atoms with Gasteiger partial charge in [0, 0.05) is 17.3 Å². The van der Waals surface area contributed by atoms with Gasteiger partial charge in [0.2, 0.25) is 0 Å². The van der Waals surface area contributed by atoms with Crippen LogP contribution in [-0.2, 0) is 4.79 Å². The Labute approximate surface area is 110 Å². The molecule has 5 heteroatoms. The highest BCUT2D eigenvalue weighted by Crippen LogP contribution is 2.34. The maximum Gasteiger partial charge on any atom is 0.265 e. The summed E-state index contributed by atoms with van der Waals surface area (Å²) in [4.78, 5) is 13.4. The molecule has 1 aromatic rings. The average molecular weight is 270 g/mol. The van der Waals surface area contributed by atoms with Gasteiger partial charge in [-0.3, -0.25) is 4.79 Å². The largest absolute Gasteiger partial charge is 0.482 e. The van der Waals surface area contributed by atoms with E-state index in [-0.39, 0.29) is 12.5 Å². The Balaban J connectivity index is 2.29. The van der Waals surface area contributed by atoms with E-state index in [9.17, 15) is 4.79 Å². The predicted octanol–water partition coefficient (Wildman–Crippen LogP) is 2.55. The summed E-state index contributed by atoms with van der Waals surface area (Å²) in [6.45, 7) is 0.583. The molecule has 3 nitrogen and oxygen atoms in total. The van der Waals surface area contributed by atoms with Crippen LogP contribution in [0.25, 0.3) is 0 Å². The fraction of sp³-hybridized carbons (Fsp3) is 0.250. The number of fused-ring (bicyclic) bond motifs is 1. The van der Waals surface area contributed by atoms with Gasteiger partial charge in [0.1, 0.15) is 5.75 Å². The first-order valence-electron chi connectivity index (χ1n) is 5.21. The maximum absolute atomic E-state index is 11.8. The van der Waals surface area contributed by atoms with Crippen molar-refractivity contribution in [2.24, 2.45) is 0 Å². The molecule has 90 valence electrons. The number of hydrogen-bond acceptors (Lipinski definition) is 3. The summed E-state index contributed by atoms with van der Waals surface area (Å²) < 4.78 is 5.34. The molecule has 1 amide bonds. The Kier molecular flexibility index (Phi) is 3.97. The number of halogens is 1. The summed E-state index contributed by atoms with van der Waals surface area (Å²) in [7, 11) is 0. The summed E-state index contributed by atoms with van der Waals surface area (Å²) in [5.41, 5.74) is 0.720. The van der Waals surface area contributed by atoms with E-state index in [4.69, 9.17) is 16.3 Å². The summed E-state index contributed by atoms with van der Waals surface area (Å²) in [6, 6.07) is 5.26. The molecule has 1 aromatic carbocycles. The molecule has 0 unspecified atom stereocenters. The second-order valence-electron chi connectivity index (χ2n) is 3.56. The minimum absolute atomic E-state index is 0.0661. The number of nitrogens with zero attached hydrogens (tertiary/aromatic N) is 1. The molecule has 1 aliphatic rings. The number of anilines is 1. The van der Waals surface area contributed by atoms with Crippen LogP contribution in [0.1, 0.15) is 0 Å². The first-order chi connectivity index (χ1) is 8.22.